The van der Waals surface area contributed by atoms with E-state index >= 15 is 0 Å². The van der Waals surface area contributed by atoms with Crippen LogP contribution in [0, 0.1) is 0 Å². The summed E-state index contributed by atoms with van der Waals surface area (Å²) in [6.07, 6.45) is 3.68. The first-order valence-corrected chi connectivity index (χ1v) is 13.5. The summed E-state index contributed by atoms with van der Waals surface area (Å²) in [7, 11) is 0. The number of benzene rings is 5. The third-order valence-corrected chi connectivity index (χ3v) is 8.53. The van der Waals surface area contributed by atoms with Crippen molar-refractivity contribution >= 4 is 81.7 Å². The Kier molecular flexibility index (Phi) is 3.62. The number of pyridine rings is 1. The largest absolute Gasteiger partial charge is 0.308 e. The third kappa shape index (κ3) is 2.37. The van der Waals surface area contributed by atoms with Gasteiger partial charge in [0.1, 0.15) is 0 Å². The molecule has 184 valence electrons. The van der Waals surface area contributed by atoms with E-state index < -0.39 is 0 Å². The standard InChI is InChI=1S/C35H19N5/c1-2-10-22-20(8-1)15-16-24-27-18-26-23-11-3-5-13-28(23)39-29-14-6-4-12-25(29)30(32(26)39)33(27)40(31(22)24)35-37-19-21-9-7-17-36-34(21)38-35/h1-19H. The van der Waals surface area contributed by atoms with Crippen molar-refractivity contribution in [2.24, 2.45) is 0 Å². The molecule has 0 bridgehead atoms. The molecule has 5 nitrogen and oxygen atoms in total. The van der Waals surface area contributed by atoms with Crippen LogP contribution in [0.15, 0.2) is 116 Å². The van der Waals surface area contributed by atoms with Crippen molar-refractivity contribution < 1.29 is 0 Å². The highest BCUT2D eigenvalue weighted by molar-refractivity contribution is 6.35. The van der Waals surface area contributed by atoms with Crippen LogP contribution >= 0.6 is 0 Å². The zero-order valence-electron chi connectivity index (χ0n) is 21.2. The van der Waals surface area contributed by atoms with Gasteiger partial charge in [-0.05, 0) is 35.7 Å². The fourth-order valence-electron chi connectivity index (χ4n) is 6.93. The maximum atomic E-state index is 5.03. The molecule has 10 rings (SSSR count). The van der Waals surface area contributed by atoms with Gasteiger partial charge in [-0.2, -0.15) is 4.98 Å². The normalized spacial score (nSPS) is 12.5. The number of rotatable bonds is 1. The van der Waals surface area contributed by atoms with Crippen LogP contribution in [0.5, 0.6) is 0 Å². The summed E-state index contributed by atoms with van der Waals surface area (Å²) in [5, 5.41) is 10.7. The van der Waals surface area contributed by atoms with Crippen LogP contribution in [0.4, 0.5) is 0 Å². The minimum absolute atomic E-state index is 0.630. The molecule has 40 heavy (non-hydrogen) atoms. The molecule has 0 N–H and O–H groups in total. The average Bonchev–Trinajstić information content (AvgIpc) is 3.65. The van der Waals surface area contributed by atoms with E-state index in [1.165, 1.54) is 59.6 Å². The van der Waals surface area contributed by atoms with E-state index in [2.05, 4.69) is 105 Å². The van der Waals surface area contributed by atoms with Gasteiger partial charge in [0, 0.05) is 55.5 Å². The van der Waals surface area contributed by atoms with E-state index in [0.717, 1.165) is 16.4 Å². The Morgan fingerprint density at radius 3 is 2.12 bits per heavy atom. The molecule has 0 aliphatic carbocycles. The Morgan fingerprint density at radius 1 is 0.500 bits per heavy atom. The van der Waals surface area contributed by atoms with Crippen molar-refractivity contribution in [1.82, 2.24) is 23.9 Å². The van der Waals surface area contributed by atoms with Crippen LogP contribution in [0.3, 0.4) is 0 Å². The van der Waals surface area contributed by atoms with E-state index in [4.69, 9.17) is 9.97 Å². The summed E-state index contributed by atoms with van der Waals surface area (Å²) in [6, 6.07) is 36.8. The van der Waals surface area contributed by atoms with Crippen molar-refractivity contribution in [1.29, 1.82) is 0 Å². The van der Waals surface area contributed by atoms with Gasteiger partial charge in [0.15, 0.2) is 5.65 Å². The molecular formula is C35H19N5. The third-order valence-electron chi connectivity index (χ3n) is 8.53. The van der Waals surface area contributed by atoms with Gasteiger partial charge in [0.05, 0.1) is 27.6 Å². The van der Waals surface area contributed by atoms with Gasteiger partial charge in [-0.1, -0.05) is 72.8 Å². The Balaban J connectivity index is 1.55. The van der Waals surface area contributed by atoms with Crippen molar-refractivity contribution in [2.75, 3.05) is 0 Å². The van der Waals surface area contributed by atoms with E-state index in [1.54, 1.807) is 6.20 Å². The maximum absolute atomic E-state index is 5.03. The first-order chi connectivity index (χ1) is 19.9. The molecule has 10 aromatic rings. The zero-order valence-corrected chi connectivity index (χ0v) is 21.2. The molecule has 0 saturated heterocycles. The molecule has 0 radical (unpaired) electrons. The van der Waals surface area contributed by atoms with Crippen LogP contribution in [-0.4, -0.2) is 23.9 Å². The number of fused-ring (bicyclic) bond motifs is 13. The van der Waals surface area contributed by atoms with Crippen LogP contribution in [0.1, 0.15) is 0 Å². The molecule has 0 spiro atoms. The van der Waals surface area contributed by atoms with E-state index in [0.29, 0.717) is 11.6 Å². The zero-order chi connectivity index (χ0) is 25.9. The molecule has 0 aliphatic heterocycles. The second kappa shape index (κ2) is 7.10. The summed E-state index contributed by atoms with van der Waals surface area (Å²) < 4.78 is 4.71. The van der Waals surface area contributed by atoms with Crippen LogP contribution in [0.25, 0.3) is 87.7 Å². The highest BCUT2D eigenvalue weighted by Crippen LogP contribution is 2.47. The molecule has 0 aliphatic rings. The first-order valence-electron chi connectivity index (χ1n) is 13.5. The van der Waals surface area contributed by atoms with E-state index in [1.807, 2.05) is 18.3 Å². The monoisotopic (exact) mass is 509 g/mol. The summed E-state index contributed by atoms with van der Waals surface area (Å²) in [5.41, 5.74) is 6.61. The van der Waals surface area contributed by atoms with Gasteiger partial charge in [-0.3, -0.25) is 4.57 Å². The smallest absolute Gasteiger partial charge is 0.236 e. The SMILES string of the molecule is c1cnc2nc(-n3c4c5ccccc5ccc4c4cc5c6ccccc6n6c7ccccc7c(c43)c56)ncc2c1. The summed E-state index contributed by atoms with van der Waals surface area (Å²) in [4.78, 5) is 14.5. The predicted octanol–water partition coefficient (Wildman–Crippen LogP) is 8.43. The van der Waals surface area contributed by atoms with Gasteiger partial charge in [-0.25, -0.2) is 9.97 Å². The lowest BCUT2D eigenvalue weighted by Crippen LogP contribution is -2.02. The predicted molar refractivity (Wildman–Crippen MR) is 164 cm³/mol. The van der Waals surface area contributed by atoms with Crippen LogP contribution in [0.2, 0.25) is 0 Å². The fraction of sp³-hybridized carbons (Fsp3) is 0. The lowest BCUT2D eigenvalue weighted by molar-refractivity contribution is 1.01. The summed E-state index contributed by atoms with van der Waals surface area (Å²) in [5.74, 6) is 0.630. The van der Waals surface area contributed by atoms with Gasteiger partial charge in [0.25, 0.3) is 0 Å². The van der Waals surface area contributed by atoms with Crippen LogP contribution in [-0.2, 0) is 0 Å². The van der Waals surface area contributed by atoms with Crippen molar-refractivity contribution in [3.05, 3.63) is 116 Å². The Morgan fingerprint density at radius 2 is 1.23 bits per heavy atom. The summed E-state index contributed by atoms with van der Waals surface area (Å²) in [6.45, 7) is 0. The number of nitrogens with zero attached hydrogens (tertiary/aromatic N) is 5. The lowest BCUT2D eigenvalue weighted by Gasteiger charge is -2.09. The minimum Gasteiger partial charge on any atom is -0.308 e. The van der Waals surface area contributed by atoms with Crippen molar-refractivity contribution in [3.63, 3.8) is 0 Å². The second-order valence-electron chi connectivity index (χ2n) is 10.5. The van der Waals surface area contributed by atoms with Gasteiger partial charge >= 0.3 is 0 Å². The number of hydrogen-bond donors (Lipinski definition) is 0. The highest BCUT2D eigenvalue weighted by Gasteiger charge is 2.25. The van der Waals surface area contributed by atoms with Crippen molar-refractivity contribution in [3.8, 4) is 5.95 Å². The second-order valence-corrected chi connectivity index (χ2v) is 10.5. The molecule has 5 heteroatoms. The number of aromatic nitrogens is 5. The maximum Gasteiger partial charge on any atom is 0.236 e. The molecule has 0 atom stereocenters. The number of para-hydroxylation sites is 2. The molecule has 0 amide bonds. The number of hydrogen-bond acceptors (Lipinski definition) is 3. The Hall–Kier alpha value is -5.55. The molecule has 5 aromatic heterocycles. The molecular weight excluding hydrogens is 490 g/mol. The van der Waals surface area contributed by atoms with Gasteiger partial charge in [-0.15, -0.1) is 0 Å². The van der Waals surface area contributed by atoms with Crippen LogP contribution < -0.4 is 0 Å². The fourth-order valence-corrected chi connectivity index (χ4v) is 6.93. The van der Waals surface area contributed by atoms with E-state index in [9.17, 15) is 0 Å². The average molecular weight is 510 g/mol. The molecule has 0 unspecified atom stereocenters. The quantitative estimate of drug-likeness (QED) is 0.223. The molecule has 0 fully saturated rings. The van der Waals surface area contributed by atoms with Gasteiger partial charge in [0.2, 0.25) is 5.95 Å². The van der Waals surface area contributed by atoms with Gasteiger partial charge < -0.3 is 4.40 Å². The molecule has 5 heterocycles. The molecule has 5 aromatic carbocycles. The van der Waals surface area contributed by atoms with Crippen molar-refractivity contribution in [2.45, 2.75) is 0 Å². The first kappa shape index (κ1) is 20.4. The highest BCUT2D eigenvalue weighted by atomic mass is 15.2. The lowest BCUT2D eigenvalue weighted by atomic mass is 10.0. The summed E-state index contributed by atoms with van der Waals surface area (Å²) >= 11 is 0. The van der Waals surface area contributed by atoms with E-state index in [-0.39, 0.29) is 0 Å². The Labute approximate surface area is 226 Å². The topological polar surface area (TPSA) is 48.0 Å². The minimum atomic E-state index is 0.630. The Bertz CT molecular complexity index is 2660. The molecule has 0 saturated carbocycles.